The number of piperazine rings is 1. The van der Waals surface area contributed by atoms with Crippen LogP contribution >= 0.6 is 23.5 Å². The number of para-hydroxylation sites is 1. The van der Waals surface area contributed by atoms with Crippen LogP contribution in [0.4, 0.5) is 5.69 Å². The summed E-state index contributed by atoms with van der Waals surface area (Å²) in [4.78, 5) is 36.0. The van der Waals surface area contributed by atoms with E-state index in [1.165, 1.54) is 17.4 Å². The van der Waals surface area contributed by atoms with Gasteiger partial charge in [-0.3, -0.25) is 14.2 Å². The van der Waals surface area contributed by atoms with Gasteiger partial charge in [-0.1, -0.05) is 60.3 Å². The van der Waals surface area contributed by atoms with Crippen LogP contribution in [0.5, 0.6) is 0 Å². The molecular formula is C25H26N4O2S2. The van der Waals surface area contributed by atoms with Crippen LogP contribution < -0.4 is 10.5 Å². The lowest BCUT2D eigenvalue weighted by Crippen LogP contribution is -2.49. The summed E-state index contributed by atoms with van der Waals surface area (Å²) in [5, 5.41) is 0.640. The minimum Gasteiger partial charge on any atom is -0.368 e. The number of aromatic nitrogens is 2. The Balaban J connectivity index is 1.27. The molecule has 1 aromatic heterocycles. The van der Waals surface area contributed by atoms with Gasteiger partial charge in [-0.05, 0) is 17.7 Å². The van der Waals surface area contributed by atoms with Crippen molar-refractivity contribution in [2.45, 2.75) is 23.0 Å². The number of aryl methyl sites for hydroxylation is 1. The van der Waals surface area contributed by atoms with E-state index in [4.69, 9.17) is 4.98 Å². The molecule has 3 aromatic rings. The zero-order valence-electron chi connectivity index (χ0n) is 18.4. The number of amides is 1. The molecule has 0 radical (unpaired) electrons. The minimum absolute atomic E-state index is 0.0118. The molecule has 3 heterocycles. The van der Waals surface area contributed by atoms with Crippen LogP contribution in [0.25, 0.3) is 0 Å². The maximum Gasteiger partial charge on any atom is 0.268 e. The Morgan fingerprint density at radius 2 is 1.67 bits per heavy atom. The molecule has 1 amide bonds. The average molecular weight is 479 g/mol. The lowest BCUT2D eigenvalue weighted by atomic mass is 10.2. The average Bonchev–Trinajstić information content (AvgIpc) is 3.35. The maximum absolute atomic E-state index is 13.2. The number of fused-ring (bicyclic) bond motifs is 1. The highest BCUT2D eigenvalue weighted by Gasteiger charge is 2.24. The van der Waals surface area contributed by atoms with E-state index in [0.717, 1.165) is 41.4 Å². The second kappa shape index (κ2) is 10.1. The van der Waals surface area contributed by atoms with Crippen LogP contribution in [0.2, 0.25) is 0 Å². The van der Waals surface area contributed by atoms with Gasteiger partial charge in [0.25, 0.3) is 5.56 Å². The number of benzene rings is 2. The fourth-order valence-corrected chi connectivity index (χ4v) is 6.17. The van der Waals surface area contributed by atoms with Crippen molar-refractivity contribution in [3.63, 3.8) is 0 Å². The monoisotopic (exact) mass is 478 g/mol. The molecule has 0 saturated carbocycles. The van der Waals surface area contributed by atoms with Crippen LogP contribution in [0.3, 0.4) is 0 Å². The van der Waals surface area contributed by atoms with E-state index in [9.17, 15) is 9.59 Å². The van der Waals surface area contributed by atoms with Gasteiger partial charge < -0.3 is 9.80 Å². The van der Waals surface area contributed by atoms with Crippen molar-refractivity contribution in [3.05, 3.63) is 82.3 Å². The molecule has 5 rings (SSSR count). The van der Waals surface area contributed by atoms with Crippen LogP contribution in [0, 0.1) is 0 Å². The van der Waals surface area contributed by atoms with Crippen molar-refractivity contribution in [1.29, 1.82) is 0 Å². The first-order valence-corrected chi connectivity index (χ1v) is 13.2. The molecule has 0 atom stereocenters. The number of thioether (sulfide) groups is 2. The number of hydrogen-bond donors (Lipinski definition) is 0. The largest absolute Gasteiger partial charge is 0.368 e. The van der Waals surface area contributed by atoms with Crippen molar-refractivity contribution in [1.82, 2.24) is 14.5 Å². The first-order chi connectivity index (χ1) is 16.2. The van der Waals surface area contributed by atoms with E-state index in [1.807, 2.05) is 53.4 Å². The number of carbonyl (C=O) groups is 1. The molecule has 0 spiro atoms. The third-order valence-corrected chi connectivity index (χ3v) is 8.08. The van der Waals surface area contributed by atoms with Crippen molar-refractivity contribution < 1.29 is 4.79 Å². The summed E-state index contributed by atoms with van der Waals surface area (Å²) < 4.78 is 1.73. The van der Waals surface area contributed by atoms with E-state index >= 15 is 0 Å². The fourth-order valence-electron chi connectivity index (χ4n) is 4.21. The van der Waals surface area contributed by atoms with Crippen molar-refractivity contribution in [2.24, 2.45) is 0 Å². The third-order valence-electron chi connectivity index (χ3n) is 6.01. The number of anilines is 1. The third kappa shape index (κ3) is 4.96. The second-order valence-electron chi connectivity index (χ2n) is 8.14. The Morgan fingerprint density at radius 3 is 2.39 bits per heavy atom. The lowest BCUT2D eigenvalue weighted by molar-refractivity contribution is -0.128. The van der Waals surface area contributed by atoms with Gasteiger partial charge in [0, 0.05) is 44.0 Å². The maximum atomic E-state index is 13.2. The van der Waals surface area contributed by atoms with Crippen LogP contribution in [0.1, 0.15) is 11.3 Å². The molecule has 170 valence electrons. The predicted molar refractivity (Wildman–Crippen MR) is 134 cm³/mol. The first-order valence-electron chi connectivity index (χ1n) is 11.2. The number of rotatable bonds is 6. The van der Waals surface area contributed by atoms with Crippen molar-refractivity contribution in [2.75, 3.05) is 42.6 Å². The van der Waals surface area contributed by atoms with Crippen LogP contribution in [-0.4, -0.2) is 58.0 Å². The minimum atomic E-state index is 0.0118. The highest BCUT2D eigenvalue weighted by molar-refractivity contribution is 8.00. The van der Waals surface area contributed by atoms with Crippen LogP contribution in [-0.2, 0) is 17.8 Å². The molecule has 0 bridgehead atoms. The van der Waals surface area contributed by atoms with Gasteiger partial charge >= 0.3 is 0 Å². The van der Waals surface area contributed by atoms with E-state index in [2.05, 4.69) is 17.0 Å². The topological polar surface area (TPSA) is 58.4 Å². The molecule has 1 saturated heterocycles. The standard InChI is InChI=1S/C25H26N4O2S2/c30-22(28-14-12-27(13-15-28)20-9-5-2-6-10-20)18-33-25-26-21-11-16-32-23(21)24(31)29(25)17-19-7-3-1-4-8-19/h1-10H,11-18H2. The fraction of sp³-hybridized carbons (Fsp3) is 0.320. The van der Waals surface area contributed by atoms with E-state index in [0.29, 0.717) is 30.5 Å². The Hall–Kier alpha value is -2.71. The Kier molecular flexibility index (Phi) is 6.73. The molecule has 0 unspecified atom stereocenters. The molecule has 2 aliphatic rings. The number of hydrogen-bond acceptors (Lipinski definition) is 6. The summed E-state index contributed by atoms with van der Waals surface area (Å²) in [7, 11) is 0. The summed E-state index contributed by atoms with van der Waals surface area (Å²) in [5.74, 6) is 1.28. The van der Waals surface area contributed by atoms with Gasteiger partial charge in [-0.25, -0.2) is 4.98 Å². The van der Waals surface area contributed by atoms with Crippen molar-refractivity contribution in [3.8, 4) is 0 Å². The predicted octanol–water partition coefficient (Wildman–Crippen LogP) is 3.38. The normalized spacial score (nSPS) is 15.5. The molecule has 33 heavy (non-hydrogen) atoms. The molecule has 0 aliphatic carbocycles. The van der Waals surface area contributed by atoms with E-state index in [-0.39, 0.29) is 11.5 Å². The Labute approximate surface area is 202 Å². The second-order valence-corrected chi connectivity index (χ2v) is 10.2. The number of carbonyl (C=O) groups excluding carboxylic acids is 1. The molecule has 2 aliphatic heterocycles. The zero-order valence-corrected chi connectivity index (χ0v) is 20.0. The van der Waals surface area contributed by atoms with E-state index in [1.54, 1.807) is 16.3 Å². The molecule has 8 heteroatoms. The summed E-state index contributed by atoms with van der Waals surface area (Å²) >= 11 is 2.97. The van der Waals surface area contributed by atoms with Crippen molar-refractivity contribution >= 4 is 35.1 Å². The summed E-state index contributed by atoms with van der Waals surface area (Å²) in [5.41, 5.74) is 3.14. The molecule has 1 fully saturated rings. The summed E-state index contributed by atoms with van der Waals surface area (Å²) in [6, 6.07) is 20.3. The zero-order chi connectivity index (χ0) is 22.6. The van der Waals surface area contributed by atoms with Gasteiger partial charge in [-0.15, -0.1) is 11.8 Å². The quantitative estimate of drug-likeness (QED) is 0.400. The summed E-state index contributed by atoms with van der Waals surface area (Å²) in [6.45, 7) is 3.53. The van der Waals surface area contributed by atoms with E-state index < -0.39 is 0 Å². The number of nitrogens with zero attached hydrogens (tertiary/aromatic N) is 4. The lowest BCUT2D eigenvalue weighted by Gasteiger charge is -2.36. The molecular weight excluding hydrogens is 452 g/mol. The van der Waals surface area contributed by atoms with Gasteiger partial charge in [-0.2, -0.15) is 0 Å². The molecule has 6 nitrogen and oxygen atoms in total. The smallest absolute Gasteiger partial charge is 0.268 e. The Bertz CT molecular complexity index is 1180. The van der Waals surface area contributed by atoms with Gasteiger partial charge in [0.05, 0.1) is 22.9 Å². The SMILES string of the molecule is O=C(CSc1nc2c(c(=O)n1Cc1ccccc1)SCC2)N1CCN(c2ccccc2)CC1. The molecule has 0 N–H and O–H groups in total. The first kappa shape index (κ1) is 22.1. The van der Waals surface area contributed by atoms with Gasteiger partial charge in [0.15, 0.2) is 5.16 Å². The van der Waals surface area contributed by atoms with Gasteiger partial charge in [0.2, 0.25) is 5.91 Å². The molecule has 2 aromatic carbocycles. The highest BCUT2D eigenvalue weighted by Crippen LogP contribution is 2.29. The Morgan fingerprint density at radius 1 is 0.970 bits per heavy atom. The van der Waals surface area contributed by atoms with Crippen LogP contribution in [0.15, 0.2) is 75.5 Å². The summed E-state index contributed by atoms with van der Waals surface area (Å²) in [6.07, 6.45) is 0.810. The van der Waals surface area contributed by atoms with Gasteiger partial charge in [0.1, 0.15) is 0 Å². The highest BCUT2D eigenvalue weighted by atomic mass is 32.2.